The predicted molar refractivity (Wildman–Crippen MR) is 59.5 cm³/mol. The lowest BCUT2D eigenvalue weighted by molar-refractivity contribution is 0.560. The third kappa shape index (κ3) is 2.28. The minimum Gasteiger partial charge on any atom is -0.444 e. The van der Waals surface area contributed by atoms with E-state index in [1.54, 1.807) is 24.5 Å². The lowest BCUT2D eigenvalue weighted by Gasteiger charge is -1.96. The molecule has 3 nitrogen and oxygen atoms in total. The number of likely N-dealkylation sites (N-methyl/N-ethyl adjacent to an activating group) is 1. The van der Waals surface area contributed by atoms with Crippen molar-refractivity contribution in [1.29, 1.82) is 0 Å². The molecule has 0 aliphatic rings. The second-order valence-electron chi connectivity index (χ2n) is 3.48. The van der Waals surface area contributed by atoms with Gasteiger partial charge in [0.2, 0.25) is 5.89 Å². The van der Waals surface area contributed by atoms with Gasteiger partial charge in [0, 0.05) is 13.0 Å². The van der Waals surface area contributed by atoms with Crippen LogP contribution in [0.1, 0.15) is 5.69 Å². The van der Waals surface area contributed by atoms with Gasteiger partial charge in [0.05, 0.1) is 11.3 Å². The molecule has 84 valence electrons. The first-order chi connectivity index (χ1) is 7.81. The summed E-state index contributed by atoms with van der Waals surface area (Å²) in [6.45, 7) is 0.823. The molecule has 0 aliphatic heterocycles. The highest BCUT2D eigenvalue weighted by Gasteiger charge is 2.10. The zero-order chi connectivity index (χ0) is 11.4. The fraction of sp³-hybridized carbons (Fsp3) is 0.250. The van der Waals surface area contributed by atoms with Crippen LogP contribution in [0.3, 0.4) is 0 Å². The molecule has 2 aromatic rings. The fourth-order valence-corrected chi connectivity index (χ4v) is 1.43. The molecule has 2 rings (SSSR count). The van der Waals surface area contributed by atoms with Crippen LogP contribution in [0.15, 0.2) is 34.9 Å². The summed E-state index contributed by atoms with van der Waals surface area (Å²) >= 11 is 0. The van der Waals surface area contributed by atoms with Crippen molar-refractivity contribution in [2.45, 2.75) is 6.42 Å². The normalized spacial score (nSPS) is 10.6. The molecular weight excluding hydrogens is 207 g/mol. The zero-order valence-corrected chi connectivity index (χ0v) is 9.03. The minimum absolute atomic E-state index is 0.315. The number of benzene rings is 1. The Morgan fingerprint density at radius 2 is 2.19 bits per heavy atom. The van der Waals surface area contributed by atoms with E-state index in [4.69, 9.17) is 4.42 Å². The van der Waals surface area contributed by atoms with E-state index in [1.807, 2.05) is 7.05 Å². The Morgan fingerprint density at radius 3 is 2.94 bits per heavy atom. The molecule has 0 fully saturated rings. The third-order valence-electron chi connectivity index (χ3n) is 2.29. The molecule has 0 amide bonds. The number of nitrogens with zero attached hydrogens (tertiary/aromatic N) is 1. The van der Waals surface area contributed by atoms with Crippen LogP contribution >= 0.6 is 0 Å². The SMILES string of the molecule is CNCCc1coc(-c2ccccc2F)n1. The van der Waals surface area contributed by atoms with E-state index in [2.05, 4.69) is 10.3 Å². The highest BCUT2D eigenvalue weighted by atomic mass is 19.1. The number of rotatable bonds is 4. The molecule has 1 heterocycles. The second kappa shape index (κ2) is 4.90. The Bertz CT molecular complexity index is 468. The van der Waals surface area contributed by atoms with Crippen LogP contribution in [0.4, 0.5) is 4.39 Å². The van der Waals surface area contributed by atoms with Crippen molar-refractivity contribution < 1.29 is 8.81 Å². The number of oxazole rings is 1. The number of hydrogen-bond donors (Lipinski definition) is 1. The molecule has 0 saturated heterocycles. The van der Waals surface area contributed by atoms with Crippen LogP contribution in [-0.4, -0.2) is 18.6 Å². The molecule has 4 heteroatoms. The summed E-state index contributed by atoms with van der Waals surface area (Å²) in [5, 5.41) is 3.02. The van der Waals surface area contributed by atoms with E-state index in [-0.39, 0.29) is 5.82 Å². The van der Waals surface area contributed by atoms with Crippen molar-refractivity contribution in [3.05, 3.63) is 42.0 Å². The van der Waals surface area contributed by atoms with Crippen molar-refractivity contribution in [3.63, 3.8) is 0 Å². The Hall–Kier alpha value is -1.68. The maximum atomic E-state index is 13.4. The maximum absolute atomic E-state index is 13.4. The number of halogens is 1. The summed E-state index contributed by atoms with van der Waals surface area (Å²) in [5.41, 5.74) is 1.23. The fourth-order valence-electron chi connectivity index (χ4n) is 1.43. The molecule has 0 saturated carbocycles. The topological polar surface area (TPSA) is 38.1 Å². The predicted octanol–water partition coefficient (Wildman–Crippen LogP) is 2.24. The van der Waals surface area contributed by atoms with Crippen molar-refractivity contribution in [1.82, 2.24) is 10.3 Å². The van der Waals surface area contributed by atoms with Crippen molar-refractivity contribution in [2.75, 3.05) is 13.6 Å². The van der Waals surface area contributed by atoms with Crippen LogP contribution < -0.4 is 5.32 Å². The van der Waals surface area contributed by atoms with Gasteiger partial charge < -0.3 is 9.73 Å². The Balaban J connectivity index is 2.22. The van der Waals surface area contributed by atoms with Crippen molar-refractivity contribution in [2.24, 2.45) is 0 Å². The van der Waals surface area contributed by atoms with Crippen LogP contribution in [0.25, 0.3) is 11.5 Å². The Morgan fingerprint density at radius 1 is 1.38 bits per heavy atom. The second-order valence-corrected chi connectivity index (χ2v) is 3.48. The first-order valence-corrected chi connectivity index (χ1v) is 5.15. The van der Waals surface area contributed by atoms with E-state index in [0.717, 1.165) is 18.7 Å². The van der Waals surface area contributed by atoms with Gasteiger partial charge in [-0.3, -0.25) is 0 Å². The van der Waals surface area contributed by atoms with Crippen LogP contribution in [-0.2, 0) is 6.42 Å². The summed E-state index contributed by atoms with van der Waals surface area (Å²) < 4.78 is 18.7. The smallest absolute Gasteiger partial charge is 0.229 e. The summed E-state index contributed by atoms with van der Waals surface area (Å²) in [6, 6.07) is 6.45. The average molecular weight is 220 g/mol. The molecular formula is C12H13FN2O. The van der Waals surface area contributed by atoms with Gasteiger partial charge in [0.25, 0.3) is 0 Å². The minimum atomic E-state index is -0.315. The van der Waals surface area contributed by atoms with Crippen molar-refractivity contribution in [3.8, 4) is 11.5 Å². The Labute approximate surface area is 93.3 Å². The highest BCUT2D eigenvalue weighted by Crippen LogP contribution is 2.21. The molecule has 0 unspecified atom stereocenters. The van der Waals surface area contributed by atoms with E-state index >= 15 is 0 Å². The third-order valence-corrected chi connectivity index (χ3v) is 2.29. The molecule has 1 N–H and O–H groups in total. The largest absolute Gasteiger partial charge is 0.444 e. The number of aromatic nitrogens is 1. The molecule has 0 aliphatic carbocycles. The highest BCUT2D eigenvalue weighted by molar-refractivity contribution is 5.53. The summed E-state index contributed by atoms with van der Waals surface area (Å²) in [6.07, 6.45) is 2.34. The average Bonchev–Trinajstić information content (AvgIpc) is 2.75. The summed E-state index contributed by atoms with van der Waals surface area (Å²) in [4.78, 5) is 4.23. The molecule has 0 bridgehead atoms. The van der Waals surface area contributed by atoms with Gasteiger partial charge in [-0.1, -0.05) is 12.1 Å². The van der Waals surface area contributed by atoms with Gasteiger partial charge >= 0.3 is 0 Å². The molecule has 16 heavy (non-hydrogen) atoms. The summed E-state index contributed by atoms with van der Waals surface area (Å²) in [7, 11) is 1.87. The van der Waals surface area contributed by atoms with Gasteiger partial charge in [-0.2, -0.15) is 0 Å². The summed E-state index contributed by atoms with van der Waals surface area (Å²) in [5.74, 6) is 0.0220. The monoisotopic (exact) mass is 220 g/mol. The van der Waals surface area contributed by atoms with Crippen LogP contribution in [0.5, 0.6) is 0 Å². The number of hydrogen-bond acceptors (Lipinski definition) is 3. The molecule has 0 atom stereocenters. The lowest BCUT2D eigenvalue weighted by atomic mass is 10.2. The van der Waals surface area contributed by atoms with E-state index in [0.29, 0.717) is 11.5 Å². The van der Waals surface area contributed by atoms with Gasteiger partial charge in [-0.05, 0) is 19.2 Å². The van der Waals surface area contributed by atoms with E-state index in [9.17, 15) is 4.39 Å². The van der Waals surface area contributed by atoms with E-state index in [1.165, 1.54) is 6.07 Å². The van der Waals surface area contributed by atoms with Gasteiger partial charge in [0.1, 0.15) is 12.1 Å². The van der Waals surface area contributed by atoms with Crippen LogP contribution in [0, 0.1) is 5.82 Å². The molecule has 0 radical (unpaired) electrons. The van der Waals surface area contributed by atoms with Crippen molar-refractivity contribution >= 4 is 0 Å². The van der Waals surface area contributed by atoms with Gasteiger partial charge in [-0.15, -0.1) is 0 Å². The lowest BCUT2D eigenvalue weighted by Crippen LogP contribution is -2.10. The zero-order valence-electron chi connectivity index (χ0n) is 9.03. The first kappa shape index (κ1) is 10.8. The maximum Gasteiger partial charge on any atom is 0.229 e. The Kier molecular flexibility index (Phi) is 3.31. The standard InChI is InChI=1S/C12H13FN2O/c1-14-7-6-9-8-16-12(15-9)10-4-2-3-5-11(10)13/h2-5,8,14H,6-7H2,1H3. The van der Waals surface area contributed by atoms with Crippen LogP contribution in [0.2, 0.25) is 0 Å². The van der Waals surface area contributed by atoms with Gasteiger partial charge in [0.15, 0.2) is 0 Å². The van der Waals surface area contributed by atoms with E-state index < -0.39 is 0 Å². The molecule has 0 spiro atoms. The number of nitrogens with one attached hydrogen (secondary N) is 1. The first-order valence-electron chi connectivity index (χ1n) is 5.15. The quantitative estimate of drug-likeness (QED) is 0.858. The molecule has 1 aromatic heterocycles. The molecule has 1 aromatic carbocycles. The van der Waals surface area contributed by atoms with Gasteiger partial charge in [-0.25, -0.2) is 9.37 Å².